The summed E-state index contributed by atoms with van der Waals surface area (Å²) < 4.78 is 1.12. The number of hydrogen-bond donors (Lipinski definition) is 1. The highest BCUT2D eigenvalue weighted by Gasteiger charge is 2.41. The van der Waals surface area contributed by atoms with E-state index in [0.29, 0.717) is 11.5 Å². The van der Waals surface area contributed by atoms with Crippen LogP contribution >= 0.6 is 27.3 Å². The summed E-state index contributed by atoms with van der Waals surface area (Å²) in [6.45, 7) is 5.63. The first-order valence-electron chi connectivity index (χ1n) is 6.00. The molecule has 1 N–H and O–H groups in total. The molecule has 2 rings (SSSR count). The fourth-order valence-electron chi connectivity index (χ4n) is 2.15. The van der Waals surface area contributed by atoms with Crippen molar-refractivity contribution < 1.29 is 0 Å². The molecule has 1 saturated carbocycles. The SMILES string of the molecule is CCCC1(CNC(C)c2ncc(Br)s2)CC1. The molecule has 2 nitrogen and oxygen atoms in total. The summed E-state index contributed by atoms with van der Waals surface area (Å²) in [6, 6.07) is 0.380. The molecule has 0 amide bonds. The van der Waals surface area contributed by atoms with E-state index in [1.165, 1.54) is 30.7 Å². The van der Waals surface area contributed by atoms with E-state index in [4.69, 9.17) is 0 Å². The summed E-state index contributed by atoms with van der Waals surface area (Å²) in [5.74, 6) is 0. The smallest absolute Gasteiger partial charge is 0.110 e. The molecule has 0 radical (unpaired) electrons. The molecular weight excluding hydrogens is 284 g/mol. The number of thiazole rings is 1. The Morgan fingerprint density at radius 3 is 2.88 bits per heavy atom. The van der Waals surface area contributed by atoms with E-state index in [1.54, 1.807) is 11.3 Å². The Labute approximate surface area is 110 Å². The van der Waals surface area contributed by atoms with Gasteiger partial charge in [0, 0.05) is 6.54 Å². The van der Waals surface area contributed by atoms with Crippen LogP contribution < -0.4 is 5.32 Å². The minimum Gasteiger partial charge on any atom is -0.308 e. The van der Waals surface area contributed by atoms with Crippen molar-refractivity contribution in [1.29, 1.82) is 0 Å². The highest BCUT2D eigenvalue weighted by Crippen LogP contribution is 2.49. The average molecular weight is 303 g/mol. The second-order valence-electron chi connectivity index (χ2n) is 4.86. The lowest BCUT2D eigenvalue weighted by molar-refractivity contribution is 0.397. The van der Waals surface area contributed by atoms with Crippen molar-refractivity contribution in [3.05, 3.63) is 15.0 Å². The maximum Gasteiger partial charge on any atom is 0.110 e. The van der Waals surface area contributed by atoms with Crippen molar-refractivity contribution in [2.75, 3.05) is 6.54 Å². The Bertz CT molecular complexity index is 347. The first-order valence-corrected chi connectivity index (χ1v) is 7.61. The van der Waals surface area contributed by atoms with Crippen LogP contribution in [-0.4, -0.2) is 11.5 Å². The van der Waals surface area contributed by atoms with Crippen LogP contribution in [0.3, 0.4) is 0 Å². The number of aromatic nitrogens is 1. The van der Waals surface area contributed by atoms with Crippen LogP contribution in [0.1, 0.15) is 50.6 Å². The van der Waals surface area contributed by atoms with E-state index in [1.807, 2.05) is 6.20 Å². The topological polar surface area (TPSA) is 24.9 Å². The largest absolute Gasteiger partial charge is 0.308 e. The highest BCUT2D eigenvalue weighted by molar-refractivity contribution is 9.11. The van der Waals surface area contributed by atoms with Gasteiger partial charge in [-0.05, 0) is 47.5 Å². The third-order valence-electron chi connectivity index (χ3n) is 3.39. The van der Waals surface area contributed by atoms with Crippen LogP contribution in [0.2, 0.25) is 0 Å². The predicted octanol–water partition coefficient (Wildman–Crippen LogP) is 4.14. The summed E-state index contributed by atoms with van der Waals surface area (Å²) in [5, 5.41) is 4.81. The molecule has 1 unspecified atom stereocenters. The molecule has 1 fully saturated rings. The number of halogens is 1. The van der Waals surface area contributed by atoms with Crippen LogP contribution in [0.4, 0.5) is 0 Å². The van der Waals surface area contributed by atoms with Gasteiger partial charge in [-0.1, -0.05) is 13.3 Å². The Balaban J connectivity index is 1.82. The summed E-state index contributed by atoms with van der Waals surface area (Å²) >= 11 is 5.18. The van der Waals surface area contributed by atoms with Crippen molar-refractivity contribution in [3.63, 3.8) is 0 Å². The molecule has 0 aromatic carbocycles. The molecule has 1 aromatic rings. The lowest BCUT2D eigenvalue weighted by Gasteiger charge is -2.18. The van der Waals surface area contributed by atoms with Gasteiger partial charge in [-0.15, -0.1) is 11.3 Å². The molecule has 1 aromatic heterocycles. The Hall–Kier alpha value is 0.0700. The van der Waals surface area contributed by atoms with Crippen molar-refractivity contribution >= 4 is 27.3 Å². The van der Waals surface area contributed by atoms with E-state index in [0.717, 1.165) is 10.3 Å². The Morgan fingerprint density at radius 2 is 2.38 bits per heavy atom. The number of nitrogens with zero attached hydrogens (tertiary/aromatic N) is 1. The van der Waals surface area contributed by atoms with Gasteiger partial charge in [0.1, 0.15) is 5.01 Å². The third kappa shape index (κ3) is 3.05. The third-order valence-corrected chi connectivity index (χ3v) is 5.05. The Kier molecular flexibility index (Phi) is 4.03. The van der Waals surface area contributed by atoms with Crippen LogP contribution in [0.15, 0.2) is 9.98 Å². The van der Waals surface area contributed by atoms with Gasteiger partial charge >= 0.3 is 0 Å². The maximum absolute atomic E-state index is 4.39. The van der Waals surface area contributed by atoms with Crippen molar-refractivity contribution in [1.82, 2.24) is 10.3 Å². The summed E-state index contributed by atoms with van der Waals surface area (Å²) in [5.41, 5.74) is 0.623. The first-order chi connectivity index (χ1) is 7.65. The minimum atomic E-state index is 0.380. The maximum atomic E-state index is 4.39. The molecule has 1 atom stereocenters. The van der Waals surface area contributed by atoms with Gasteiger partial charge in [0.25, 0.3) is 0 Å². The zero-order valence-corrected chi connectivity index (χ0v) is 12.3. The molecule has 90 valence electrons. The first kappa shape index (κ1) is 12.5. The predicted molar refractivity (Wildman–Crippen MR) is 72.8 cm³/mol. The van der Waals surface area contributed by atoms with Crippen LogP contribution in [-0.2, 0) is 0 Å². The number of nitrogens with one attached hydrogen (secondary N) is 1. The molecule has 4 heteroatoms. The van der Waals surface area contributed by atoms with E-state index >= 15 is 0 Å². The average Bonchev–Trinajstić information content (AvgIpc) is 2.89. The molecule has 1 heterocycles. The minimum absolute atomic E-state index is 0.380. The summed E-state index contributed by atoms with van der Waals surface area (Å²) in [6.07, 6.45) is 7.37. The zero-order chi connectivity index (χ0) is 11.6. The molecule has 0 bridgehead atoms. The lowest BCUT2D eigenvalue weighted by atomic mass is 10.0. The summed E-state index contributed by atoms with van der Waals surface area (Å²) in [7, 11) is 0. The normalized spacial score (nSPS) is 19.7. The van der Waals surface area contributed by atoms with Gasteiger partial charge in [0.2, 0.25) is 0 Å². The van der Waals surface area contributed by atoms with E-state index in [-0.39, 0.29) is 0 Å². The second kappa shape index (κ2) is 5.15. The van der Waals surface area contributed by atoms with Crippen molar-refractivity contribution in [3.8, 4) is 0 Å². The monoisotopic (exact) mass is 302 g/mol. The molecule has 1 aliphatic rings. The molecular formula is C12H19BrN2S. The molecule has 0 saturated heterocycles. The van der Waals surface area contributed by atoms with Gasteiger partial charge in [-0.2, -0.15) is 0 Å². The van der Waals surface area contributed by atoms with Crippen LogP contribution in [0.25, 0.3) is 0 Å². The van der Waals surface area contributed by atoms with Crippen molar-refractivity contribution in [2.24, 2.45) is 5.41 Å². The second-order valence-corrected chi connectivity index (χ2v) is 7.30. The molecule has 16 heavy (non-hydrogen) atoms. The van der Waals surface area contributed by atoms with E-state index in [2.05, 4.69) is 40.1 Å². The standard InChI is InChI=1S/C12H19BrN2S/c1-3-4-12(5-6-12)8-15-9(2)11-14-7-10(13)16-11/h7,9,15H,3-6,8H2,1-2H3. The van der Waals surface area contributed by atoms with Gasteiger partial charge in [-0.25, -0.2) is 4.98 Å². The van der Waals surface area contributed by atoms with Crippen molar-refractivity contribution in [2.45, 2.75) is 45.6 Å². The number of rotatable bonds is 6. The van der Waals surface area contributed by atoms with Gasteiger partial charge < -0.3 is 5.32 Å². The zero-order valence-electron chi connectivity index (χ0n) is 9.92. The fourth-order valence-corrected chi connectivity index (χ4v) is 3.42. The quantitative estimate of drug-likeness (QED) is 0.854. The van der Waals surface area contributed by atoms with Gasteiger partial charge in [-0.3, -0.25) is 0 Å². The molecule has 0 aliphatic heterocycles. The fraction of sp³-hybridized carbons (Fsp3) is 0.750. The highest BCUT2D eigenvalue weighted by atomic mass is 79.9. The van der Waals surface area contributed by atoms with Crippen LogP contribution in [0.5, 0.6) is 0 Å². The van der Waals surface area contributed by atoms with E-state index < -0.39 is 0 Å². The van der Waals surface area contributed by atoms with E-state index in [9.17, 15) is 0 Å². The molecule has 1 aliphatic carbocycles. The number of hydrogen-bond acceptors (Lipinski definition) is 3. The Morgan fingerprint density at radius 1 is 1.62 bits per heavy atom. The van der Waals surface area contributed by atoms with Gasteiger partial charge in [0.05, 0.1) is 16.0 Å². The lowest BCUT2D eigenvalue weighted by Crippen LogP contribution is -2.26. The summed E-state index contributed by atoms with van der Waals surface area (Å²) in [4.78, 5) is 4.39. The molecule has 0 spiro atoms. The van der Waals surface area contributed by atoms with Gasteiger partial charge in [0.15, 0.2) is 0 Å². The van der Waals surface area contributed by atoms with Crippen LogP contribution in [0, 0.1) is 5.41 Å².